The van der Waals surface area contributed by atoms with E-state index in [4.69, 9.17) is 4.74 Å². The number of para-hydroxylation sites is 1. The Morgan fingerprint density at radius 3 is 2.81 bits per heavy atom. The normalized spacial score (nSPS) is 10.7. The Hall–Kier alpha value is -2.64. The Bertz CT molecular complexity index is 638. The van der Waals surface area contributed by atoms with E-state index in [1.807, 2.05) is 20.9 Å². The van der Waals surface area contributed by atoms with Gasteiger partial charge in [0.2, 0.25) is 0 Å². The molecule has 1 aromatic carbocycles. The number of aryl methyl sites for hydroxylation is 1. The highest BCUT2D eigenvalue weighted by molar-refractivity contribution is 5.68. The topological polar surface area (TPSA) is 95.1 Å². The Morgan fingerprint density at radius 1 is 1.48 bits per heavy atom. The smallest absolute Gasteiger partial charge is 0.333 e. The van der Waals surface area contributed by atoms with Gasteiger partial charge in [-0.25, -0.2) is 0 Å². The van der Waals surface area contributed by atoms with E-state index >= 15 is 0 Å². The molecule has 0 spiro atoms. The number of nitrogens with zero attached hydrogens (tertiary/aromatic N) is 4. The van der Waals surface area contributed by atoms with Crippen molar-refractivity contribution in [3.05, 3.63) is 40.5 Å². The largest absolute Gasteiger partial charge is 0.484 e. The Kier molecular flexibility index (Phi) is 4.36. The van der Waals surface area contributed by atoms with Crippen molar-refractivity contribution in [2.24, 2.45) is 7.05 Å². The second-order valence-corrected chi connectivity index (χ2v) is 4.79. The van der Waals surface area contributed by atoms with Gasteiger partial charge in [-0.2, -0.15) is 0 Å². The summed E-state index contributed by atoms with van der Waals surface area (Å²) in [6.07, 6.45) is 1.43. The maximum atomic E-state index is 11.3. The van der Waals surface area contributed by atoms with Crippen LogP contribution in [0.4, 0.5) is 11.4 Å². The molecule has 0 fully saturated rings. The molecule has 0 saturated carbocycles. The van der Waals surface area contributed by atoms with Crippen molar-refractivity contribution < 1.29 is 9.66 Å². The number of benzene rings is 1. The van der Waals surface area contributed by atoms with Gasteiger partial charge in [0.25, 0.3) is 0 Å². The maximum absolute atomic E-state index is 11.3. The van der Waals surface area contributed by atoms with Crippen LogP contribution >= 0.6 is 0 Å². The fourth-order valence-corrected chi connectivity index (χ4v) is 1.84. The Labute approximate surface area is 121 Å². The van der Waals surface area contributed by atoms with Gasteiger partial charge in [0.15, 0.2) is 11.6 Å². The molecule has 2 aromatic rings. The SMILES string of the molecule is CC(C)Oc1cccc(NCc2nncn2C)c1[N+](=O)[O-]. The summed E-state index contributed by atoms with van der Waals surface area (Å²) >= 11 is 0. The molecule has 0 aliphatic heterocycles. The highest BCUT2D eigenvalue weighted by atomic mass is 16.6. The molecular weight excluding hydrogens is 274 g/mol. The van der Waals surface area contributed by atoms with Crippen molar-refractivity contribution in [1.82, 2.24) is 14.8 Å². The molecule has 1 aromatic heterocycles. The molecule has 21 heavy (non-hydrogen) atoms. The molecule has 1 N–H and O–H groups in total. The lowest BCUT2D eigenvalue weighted by atomic mass is 10.2. The summed E-state index contributed by atoms with van der Waals surface area (Å²) in [5.41, 5.74) is 0.314. The summed E-state index contributed by atoms with van der Waals surface area (Å²) in [7, 11) is 1.81. The quantitative estimate of drug-likeness (QED) is 0.647. The van der Waals surface area contributed by atoms with Gasteiger partial charge >= 0.3 is 5.69 Å². The molecule has 0 atom stereocenters. The Balaban J connectivity index is 2.26. The van der Waals surface area contributed by atoms with E-state index in [2.05, 4.69) is 15.5 Å². The second-order valence-electron chi connectivity index (χ2n) is 4.79. The average molecular weight is 291 g/mol. The number of aromatic nitrogens is 3. The van der Waals surface area contributed by atoms with E-state index in [1.165, 1.54) is 0 Å². The van der Waals surface area contributed by atoms with E-state index in [0.717, 1.165) is 0 Å². The molecule has 0 bridgehead atoms. The maximum Gasteiger partial charge on any atom is 0.333 e. The molecule has 1 heterocycles. The summed E-state index contributed by atoms with van der Waals surface area (Å²) in [4.78, 5) is 10.9. The average Bonchev–Trinajstić information content (AvgIpc) is 2.81. The number of hydrogen-bond acceptors (Lipinski definition) is 6. The van der Waals surface area contributed by atoms with Gasteiger partial charge in [-0.1, -0.05) is 6.07 Å². The van der Waals surface area contributed by atoms with Gasteiger partial charge < -0.3 is 14.6 Å². The summed E-state index contributed by atoms with van der Waals surface area (Å²) in [6, 6.07) is 4.94. The van der Waals surface area contributed by atoms with Crippen LogP contribution in [0.25, 0.3) is 0 Å². The van der Waals surface area contributed by atoms with Crippen molar-refractivity contribution >= 4 is 11.4 Å². The molecule has 8 heteroatoms. The van der Waals surface area contributed by atoms with Crippen LogP contribution < -0.4 is 10.1 Å². The third-order valence-corrected chi connectivity index (χ3v) is 2.79. The highest BCUT2D eigenvalue weighted by Gasteiger charge is 2.21. The van der Waals surface area contributed by atoms with E-state index in [-0.39, 0.29) is 17.5 Å². The number of hydrogen-bond donors (Lipinski definition) is 1. The van der Waals surface area contributed by atoms with Gasteiger partial charge in [0, 0.05) is 7.05 Å². The molecule has 0 aliphatic carbocycles. The third-order valence-electron chi connectivity index (χ3n) is 2.79. The predicted octanol–water partition coefficient (Wildman–Crippen LogP) is 2.12. The van der Waals surface area contributed by atoms with Crippen molar-refractivity contribution in [3.8, 4) is 5.75 Å². The first-order valence-corrected chi connectivity index (χ1v) is 6.50. The summed E-state index contributed by atoms with van der Waals surface area (Å²) in [5.74, 6) is 0.928. The van der Waals surface area contributed by atoms with Crippen LogP contribution in [0.2, 0.25) is 0 Å². The molecule has 8 nitrogen and oxygen atoms in total. The van der Waals surface area contributed by atoms with Gasteiger partial charge in [0.1, 0.15) is 12.0 Å². The minimum Gasteiger partial charge on any atom is -0.484 e. The van der Waals surface area contributed by atoms with Crippen LogP contribution in [0, 0.1) is 10.1 Å². The van der Waals surface area contributed by atoms with E-state index in [0.29, 0.717) is 18.1 Å². The fourth-order valence-electron chi connectivity index (χ4n) is 1.84. The van der Waals surface area contributed by atoms with Gasteiger partial charge in [0.05, 0.1) is 17.6 Å². The van der Waals surface area contributed by atoms with E-state index < -0.39 is 4.92 Å². The molecule has 0 radical (unpaired) electrons. The van der Waals surface area contributed by atoms with Gasteiger partial charge in [-0.05, 0) is 26.0 Å². The third kappa shape index (κ3) is 3.47. The van der Waals surface area contributed by atoms with Crippen LogP contribution in [0.3, 0.4) is 0 Å². The van der Waals surface area contributed by atoms with Crippen molar-refractivity contribution in [3.63, 3.8) is 0 Å². The summed E-state index contributed by atoms with van der Waals surface area (Å²) < 4.78 is 7.24. The molecule has 2 rings (SSSR count). The first-order valence-electron chi connectivity index (χ1n) is 6.50. The first-order chi connectivity index (χ1) is 9.99. The van der Waals surface area contributed by atoms with Crippen LogP contribution in [0.5, 0.6) is 5.75 Å². The number of ether oxygens (including phenoxy) is 1. The monoisotopic (exact) mass is 291 g/mol. The number of rotatable bonds is 6. The standard InChI is InChI=1S/C13H17N5O3/c1-9(2)21-11-6-4-5-10(13(11)18(19)20)14-7-12-16-15-8-17(12)3/h4-6,8-9,14H,7H2,1-3H3. The fraction of sp³-hybridized carbons (Fsp3) is 0.385. The highest BCUT2D eigenvalue weighted by Crippen LogP contribution is 2.35. The lowest BCUT2D eigenvalue weighted by molar-refractivity contribution is -0.385. The van der Waals surface area contributed by atoms with Gasteiger partial charge in [-0.15, -0.1) is 10.2 Å². The zero-order valence-corrected chi connectivity index (χ0v) is 12.1. The summed E-state index contributed by atoms with van der Waals surface area (Å²) in [6.45, 7) is 3.98. The molecule has 0 aliphatic rings. The number of nitro benzene ring substituents is 1. The van der Waals surface area contributed by atoms with Crippen molar-refractivity contribution in [1.29, 1.82) is 0 Å². The minimum atomic E-state index is -0.448. The minimum absolute atomic E-state index is 0.0756. The Morgan fingerprint density at radius 2 is 2.24 bits per heavy atom. The molecule has 0 saturated heterocycles. The zero-order chi connectivity index (χ0) is 15.4. The van der Waals surface area contributed by atoms with Crippen LogP contribution in [-0.2, 0) is 13.6 Å². The first kappa shape index (κ1) is 14.8. The number of nitro groups is 1. The van der Waals surface area contributed by atoms with Crippen molar-refractivity contribution in [2.75, 3.05) is 5.32 Å². The second kappa shape index (κ2) is 6.21. The predicted molar refractivity (Wildman–Crippen MR) is 77.2 cm³/mol. The summed E-state index contributed by atoms with van der Waals surface area (Å²) in [5, 5.41) is 22.0. The number of anilines is 1. The van der Waals surface area contributed by atoms with Crippen LogP contribution in [0.15, 0.2) is 24.5 Å². The van der Waals surface area contributed by atoms with E-state index in [1.54, 1.807) is 29.1 Å². The zero-order valence-electron chi connectivity index (χ0n) is 12.1. The lowest BCUT2D eigenvalue weighted by Gasteiger charge is -2.13. The van der Waals surface area contributed by atoms with E-state index in [9.17, 15) is 10.1 Å². The molecule has 0 unspecified atom stereocenters. The van der Waals surface area contributed by atoms with Crippen LogP contribution in [0.1, 0.15) is 19.7 Å². The molecular formula is C13H17N5O3. The van der Waals surface area contributed by atoms with Crippen molar-refractivity contribution in [2.45, 2.75) is 26.5 Å². The number of nitrogens with one attached hydrogen (secondary N) is 1. The van der Waals surface area contributed by atoms with Gasteiger partial charge in [-0.3, -0.25) is 10.1 Å². The lowest BCUT2D eigenvalue weighted by Crippen LogP contribution is -2.10. The molecule has 0 amide bonds. The van der Waals surface area contributed by atoms with Crippen LogP contribution in [-0.4, -0.2) is 25.8 Å². The molecule has 112 valence electrons.